The van der Waals surface area contributed by atoms with Gasteiger partial charge in [-0.1, -0.05) is 18.2 Å². The largest absolute Gasteiger partial charge is 0.369 e. The number of aryl methyl sites for hydroxylation is 1. The van der Waals surface area contributed by atoms with E-state index >= 15 is 0 Å². The molecule has 0 aliphatic carbocycles. The summed E-state index contributed by atoms with van der Waals surface area (Å²) >= 11 is 0. The Hall–Kier alpha value is -3.42. The first-order valence-corrected chi connectivity index (χ1v) is 10.7. The second-order valence-corrected chi connectivity index (χ2v) is 7.85. The van der Waals surface area contributed by atoms with Crippen LogP contribution in [0.2, 0.25) is 0 Å². The van der Waals surface area contributed by atoms with Gasteiger partial charge in [0.1, 0.15) is 5.82 Å². The predicted octanol–water partition coefficient (Wildman–Crippen LogP) is 3.34. The molecule has 0 amide bonds. The Labute approximate surface area is 181 Å². The van der Waals surface area contributed by atoms with Gasteiger partial charge in [-0.25, -0.2) is 4.98 Å². The first-order chi connectivity index (χ1) is 15.2. The molecular weight excluding hydrogens is 386 g/mol. The molecule has 0 unspecified atom stereocenters. The fourth-order valence-electron chi connectivity index (χ4n) is 4.13. The van der Waals surface area contributed by atoms with Crippen LogP contribution in [-0.4, -0.2) is 40.7 Å². The van der Waals surface area contributed by atoms with E-state index in [2.05, 4.69) is 67.7 Å². The van der Waals surface area contributed by atoms with E-state index in [-0.39, 0.29) is 0 Å². The van der Waals surface area contributed by atoms with Crippen LogP contribution >= 0.6 is 0 Å². The smallest absolute Gasteiger partial charge is 0.229 e. The number of hydrogen-bond acceptors (Lipinski definition) is 6. The zero-order valence-corrected chi connectivity index (χ0v) is 17.7. The summed E-state index contributed by atoms with van der Waals surface area (Å²) in [6, 6.07) is 16.7. The summed E-state index contributed by atoms with van der Waals surface area (Å²) in [5.74, 6) is 1.42. The van der Waals surface area contributed by atoms with Crippen LogP contribution in [-0.2, 0) is 6.54 Å². The Balaban J connectivity index is 1.43. The van der Waals surface area contributed by atoms with Gasteiger partial charge in [0.05, 0.1) is 5.52 Å². The van der Waals surface area contributed by atoms with Gasteiger partial charge in [0.25, 0.3) is 0 Å². The Morgan fingerprint density at radius 1 is 1.06 bits per heavy atom. The first-order valence-electron chi connectivity index (χ1n) is 10.7. The number of anilines is 3. The molecule has 2 aromatic heterocycles. The van der Waals surface area contributed by atoms with Crippen LogP contribution in [0.25, 0.3) is 16.7 Å². The highest BCUT2D eigenvalue weighted by Gasteiger charge is 2.13. The van der Waals surface area contributed by atoms with E-state index in [1.54, 1.807) is 0 Å². The molecule has 31 heavy (non-hydrogen) atoms. The molecular formula is C24H27N7. The number of piperazine rings is 1. The summed E-state index contributed by atoms with van der Waals surface area (Å²) in [7, 11) is 0. The van der Waals surface area contributed by atoms with Crippen molar-refractivity contribution in [2.75, 3.05) is 36.4 Å². The average Bonchev–Trinajstić information content (AvgIpc) is 3.20. The summed E-state index contributed by atoms with van der Waals surface area (Å²) in [5, 5.41) is 7.89. The fraction of sp³-hybridized carbons (Fsp3) is 0.250. The maximum Gasteiger partial charge on any atom is 0.229 e. The molecule has 5 rings (SSSR count). The van der Waals surface area contributed by atoms with E-state index in [4.69, 9.17) is 10.7 Å². The summed E-state index contributed by atoms with van der Waals surface area (Å²) in [6.07, 6.45) is 3.93. The van der Waals surface area contributed by atoms with Gasteiger partial charge in [-0.3, -0.25) is 0 Å². The van der Waals surface area contributed by atoms with Crippen LogP contribution in [0.4, 0.5) is 17.3 Å². The minimum Gasteiger partial charge on any atom is -0.369 e. The molecule has 1 saturated heterocycles. The lowest BCUT2D eigenvalue weighted by Crippen LogP contribution is -2.43. The molecule has 0 atom stereocenters. The third kappa shape index (κ3) is 3.85. The summed E-state index contributed by atoms with van der Waals surface area (Å²) < 4.78 is 2.10. The Kier molecular flexibility index (Phi) is 5.28. The van der Waals surface area contributed by atoms with Crippen LogP contribution < -0.4 is 21.3 Å². The second kappa shape index (κ2) is 8.37. The molecule has 2 aromatic carbocycles. The fourth-order valence-corrected chi connectivity index (χ4v) is 4.13. The predicted molar refractivity (Wildman–Crippen MR) is 126 cm³/mol. The highest BCUT2D eigenvalue weighted by molar-refractivity contribution is 5.85. The number of para-hydroxylation sites is 1. The van der Waals surface area contributed by atoms with E-state index in [1.165, 1.54) is 5.69 Å². The maximum absolute atomic E-state index is 5.98. The van der Waals surface area contributed by atoms with E-state index in [1.807, 2.05) is 25.3 Å². The van der Waals surface area contributed by atoms with Crippen LogP contribution in [0, 0.1) is 6.92 Å². The minimum atomic E-state index is 0.488. The Morgan fingerprint density at radius 3 is 2.61 bits per heavy atom. The maximum atomic E-state index is 5.98. The van der Waals surface area contributed by atoms with Crippen molar-refractivity contribution in [3.63, 3.8) is 0 Å². The molecule has 158 valence electrons. The number of aromatic nitrogens is 3. The van der Waals surface area contributed by atoms with Crippen molar-refractivity contribution in [2.45, 2.75) is 13.5 Å². The molecule has 0 bridgehead atoms. The van der Waals surface area contributed by atoms with Crippen molar-refractivity contribution in [3.05, 3.63) is 72.1 Å². The molecule has 1 aliphatic rings. The summed E-state index contributed by atoms with van der Waals surface area (Å²) in [5.41, 5.74) is 11.4. The molecule has 3 heterocycles. The van der Waals surface area contributed by atoms with Gasteiger partial charge >= 0.3 is 0 Å². The number of nitrogens with one attached hydrogen (secondary N) is 2. The van der Waals surface area contributed by atoms with E-state index in [0.717, 1.165) is 59.7 Å². The second-order valence-electron chi connectivity index (χ2n) is 7.85. The van der Waals surface area contributed by atoms with Gasteiger partial charge in [0, 0.05) is 67.4 Å². The van der Waals surface area contributed by atoms with Crippen molar-refractivity contribution in [2.24, 2.45) is 5.73 Å². The number of hydrogen-bond donors (Lipinski definition) is 3. The molecule has 0 radical (unpaired) electrons. The standard InChI is InChI=1S/C24H27N7/c1-17-15-27-24(28-19-6-8-20(9-7-19)30-12-10-26-11-13-30)29-23(17)31-16-18(14-25)21-4-2-3-5-22(21)31/h2-9,15-16,26H,10-14,25H2,1H3,(H,27,28,29). The number of fused-ring (bicyclic) bond motifs is 1. The zero-order valence-electron chi connectivity index (χ0n) is 17.7. The van der Waals surface area contributed by atoms with Gasteiger partial charge in [-0.2, -0.15) is 4.98 Å². The van der Waals surface area contributed by atoms with Gasteiger partial charge in [0.15, 0.2) is 0 Å². The summed E-state index contributed by atoms with van der Waals surface area (Å²) in [4.78, 5) is 11.7. The lowest BCUT2D eigenvalue weighted by Gasteiger charge is -2.29. The Bertz CT molecular complexity index is 1190. The highest BCUT2D eigenvalue weighted by Crippen LogP contribution is 2.26. The topological polar surface area (TPSA) is 84.0 Å². The van der Waals surface area contributed by atoms with Crippen LogP contribution in [0.15, 0.2) is 60.9 Å². The number of nitrogens with two attached hydrogens (primary N) is 1. The molecule has 0 spiro atoms. The molecule has 7 heteroatoms. The zero-order chi connectivity index (χ0) is 21.2. The normalized spacial score (nSPS) is 14.2. The SMILES string of the molecule is Cc1cnc(Nc2ccc(N3CCNCC3)cc2)nc1-n1cc(CN)c2ccccc21. The minimum absolute atomic E-state index is 0.488. The van der Waals surface area contributed by atoms with Gasteiger partial charge in [-0.05, 0) is 42.8 Å². The van der Waals surface area contributed by atoms with Crippen molar-refractivity contribution >= 4 is 28.2 Å². The van der Waals surface area contributed by atoms with E-state index in [9.17, 15) is 0 Å². The number of nitrogens with zero attached hydrogens (tertiary/aromatic N) is 4. The Morgan fingerprint density at radius 2 is 1.84 bits per heavy atom. The third-order valence-electron chi connectivity index (χ3n) is 5.79. The van der Waals surface area contributed by atoms with Crippen LogP contribution in [0.3, 0.4) is 0 Å². The van der Waals surface area contributed by atoms with Crippen molar-refractivity contribution in [1.29, 1.82) is 0 Å². The summed E-state index contributed by atoms with van der Waals surface area (Å²) in [6.45, 7) is 6.64. The number of rotatable bonds is 5. The molecule has 7 nitrogen and oxygen atoms in total. The van der Waals surface area contributed by atoms with Crippen LogP contribution in [0.1, 0.15) is 11.1 Å². The molecule has 0 saturated carbocycles. The molecule has 1 aliphatic heterocycles. The lowest BCUT2D eigenvalue weighted by atomic mass is 10.2. The first kappa shape index (κ1) is 19.5. The van der Waals surface area contributed by atoms with Gasteiger partial charge in [-0.15, -0.1) is 0 Å². The molecule has 1 fully saturated rings. The highest BCUT2D eigenvalue weighted by atomic mass is 15.2. The number of benzene rings is 2. The lowest BCUT2D eigenvalue weighted by molar-refractivity contribution is 0.589. The van der Waals surface area contributed by atoms with E-state index in [0.29, 0.717) is 12.5 Å². The third-order valence-corrected chi connectivity index (χ3v) is 5.79. The van der Waals surface area contributed by atoms with Gasteiger partial charge in [0.2, 0.25) is 5.95 Å². The van der Waals surface area contributed by atoms with Crippen LogP contribution in [0.5, 0.6) is 0 Å². The quantitative estimate of drug-likeness (QED) is 0.465. The molecule has 4 aromatic rings. The monoisotopic (exact) mass is 413 g/mol. The van der Waals surface area contributed by atoms with E-state index < -0.39 is 0 Å². The van der Waals surface area contributed by atoms with Gasteiger partial charge < -0.3 is 25.8 Å². The van der Waals surface area contributed by atoms with Crippen molar-refractivity contribution < 1.29 is 0 Å². The van der Waals surface area contributed by atoms with Crippen molar-refractivity contribution in [1.82, 2.24) is 19.9 Å². The molecule has 4 N–H and O–H groups in total. The average molecular weight is 414 g/mol. The van der Waals surface area contributed by atoms with Crippen molar-refractivity contribution in [3.8, 4) is 5.82 Å².